The van der Waals surface area contributed by atoms with Gasteiger partial charge in [-0.3, -0.25) is 0 Å². The third-order valence-corrected chi connectivity index (χ3v) is 4.61. The summed E-state index contributed by atoms with van der Waals surface area (Å²) in [5, 5.41) is 10.9. The number of aliphatic hydroxyl groups is 1. The molecule has 3 nitrogen and oxygen atoms in total. The maximum absolute atomic E-state index is 10.3. The van der Waals surface area contributed by atoms with Crippen molar-refractivity contribution in [3.8, 4) is 0 Å². The average molecular weight is 297 g/mol. The molecule has 0 radical (unpaired) electrons. The van der Waals surface area contributed by atoms with Crippen LogP contribution in [-0.4, -0.2) is 54.7 Å². The van der Waals surface area contributed by atoms with Gasteiger partial charge in [-0.05, 0) is 58.1 Å². The minimum Gasteiger partial charge on any atom is -0.388 e. The number of likely N-dealkylation sites (tertiary alicyclic amines) is 1. The van der Waals surface area contributed by atoms with Crippen molar-refractivity contribution < 1.29 is 5.11 Å². The van der Waals surface area contributed by atoms with Crippen LogP contribution in [0.2, 0.25) is 5.02 Å². The highest BCUT2D eigenvalue weighted by Gasteiger charge is 2.21. The van der Waals surface area contributed by atoms with E-state index in [1.54, 1.807) is 0 Å². The summed E-state index contributed by atoms with van der Waals surface area (Å²) < 4.78 is 0. The molecule has 1 aliphatic heterocycles. The first-order chi connectivity index (χ1) is 9.58. The molecule has 1 saturated heterocycles. The second-order valence-electron chi connectivity index (χ2n) is 5.86. The fraction of sp³-hybridized carbons (Fsp3) is 0.625. The van der Waals surface area contributed by atoms with Gasteiger partial charge in [0.25, 0.3) is 0 Å². The van der Waals surface area contributed by atoms with Gasteiger partial charge in [-0.25, -0.2) is 0 Å². The van der Waals surface area contributed by atoms with E-state index in [-0.39, 0.29) is 0 Å². The van der Waals surface area contributed by atoms with Gasteiger partial charge in [0.05, 0.1) is 6.10 Å². The lowest BCUT2D eigenvalue weighted by molar-refractivity contribution is 0.110. The lowest BCUT2D eigenvalue weighted by Crippen LogP contribution is -2.42. The Morgan fingerprint density at radius 1 is 1.30 bits per heavy atom. The molecule has 1 aliphatic rings. The minimum atomic E-state index is -0.463. The standard InChI is InChI=1S/C16H25ClN2O/c1-18(2)13-7-10-19(11-8-13)12-9-16(20)14-5-3-4-6-15(14)17/h3-6,13,16,20H,7-12H2,1-2H3. The predicted octanol–water partition coefficient (Wildman–Crippen LogP) is 2.79. The molecule has 4 heteroatoms. The van der Waals surface area contributed by atoms with E-state index in [4.69, 9.17) is 11.6 Å². The summed E-state index contributed by atoms with van der Waals surface area (Å²) in [6.07, 6.45) is 2.72. The van der Waals surface area contributed by atoms with E-state index < -0.39 is 6.10 Å². The molecule has 0 saturated carbocycles. The van der Waals surface area contributed by atoms with Crippen molar-refractivity contribution in [3.05, 3.63) is 34.9 Å². The second kappa shape index (κ2) is 7.41. The van der Waals surface area contributed by atoms with Crippen LogP contribution in [-0.2, 0) is 0 Å². The Hall–Kier alpha value is -0.610. The number of halogens is 1. The van der Waals surface area contributed by atoms with Gasteiger partial charge in [-0.1, -0.05) is 29.8 Å². The largest absolute Gasteiger partial charge is 0.388 e. The van der Waals surface area contributed by atoms with E-state index in [1.807, 2.05) is 24.3 Å². The topological polar surface area (TPSA) is 26.7 Å². The van der Waals surface area contributed by atoms with Crippen LogP contribution in [0, 0.1) is 0 Å². The Balaban J connectivity index is 1.78. The number of hydrogen-bond donors (Lipinski definition) is 1. The van der Waals surface area contributed by atoms with Crippen LogP contribution in [0.1, 0.15) is 30.9 Å². The molecule has 1 atom stereocenters. The Morgan fingerprint density at radius 3 is 2.55 bits per heavy atom. The highest BCUT2D eigenvalue weighted by molar-refractivity contribution is 6.31. The summed E-state index contributed by atoms with van der Waals surface area (Å²) in [5.74, 6) is 0. The number of aliphatic hydroxyl groups excluding tert-OH is 1. The Labute approximate surface area is 127 Å². The Kier molecular flexibility index (Phi) is 5.85. The van der Waals surface area contributed by atoms with Gasteiger partial charge in [0.2, 0.25) is 0 Å². The number of nitrogens with zero attached hydrogens (tertiary/aromatic N) is 2. The molecule has 1 aromatic carbocycles. The lowest BCUT2D eigenvalue weighted by atomic mass is 10.0. The third-order valence-electron chi connectivity index (χ3n) is 4.27. The van der Waals surface area contributed by atoms with Gasteiger partial charge in [0.1, 0.15) is 0 Å². The molecule has 1 fully saturated rings. The smallest absolute Gasteiger partial charge is 0.0816 e. The minimum absolute atomic E-state index is 0.463. The molecular weight excluding hydrogens is 272 g/mol. The molecule has 0 spiro atoms. The Bertz CT molecular complexity index is 417. The van der Waals surface area contributed by atoms with Crippen LogP contribution >= 0.6 is 11.6 Å². The third kappa shape index (κ3) is 4.19. The van der Waals surface area contributed by atoms with E-state index in [0.29, 0.717) is 11.1 Å². The van der Waals surface area contributed by atoms with Gasteiger partial charge in [0, 0.05) is 17.6 Å². The van der Waals surface area contributed by atoms with Gasteiger partial charge in [-0.2, -0.15) is 0 Å². The summed E-state index contributed by atoms with van der Waals surface area (Å²) in [4.78, 5) is 4.76. The summed E-state index contributed by atoms with van der Waals surface area (Å²) in [7, 11) is 4.31. The lowest BCUT2D eigenvalue weighted by Gasteiger charge is -2.35. The monoisotopic (exact) mass is 296 g/mol. The maximum Gasteiger partial charge on any atom is 0.0816 e. The van der Waals surface area contributed by atoms with E-state index in [9.17, 15) is 5.11 Å². The normalized spacial score (nSPS) is 19.4. The fourth-order valence-electron chi connectivity index (χ4n) is 2.87. The zero-order valence-electron chi connectivity index (χ0n) is 12.4. The van der Waals surface area contributed by atoms with Crippen molar-refractivity contribution in [1.29, 1.82) is 0 Å². The highest BCUT2D eigenvalue weighted by atomic mass is 35.5. The van der Waals surface area contributed by atoms with Crippen LogP contribution in [0.3, 0.4) is 0 Å². The summed E-state index contributed by atoms with van der Waals surface area (Å²) in [6, 6.07) is 8.27. The molecule has 20 heavy (non-hydrogen) atoms. The first kappa shape index (κ1) is 15.8. The fourth-order valence-corrected chi connectivity index (χ4v) is 3.13. The van der Waals surface area contributed by atoms with Gasteiger partial charge >= 0.3 is 0 Å². The average Bonchev–Trinajstić information content (AvgIpc) is 2.45. The molecule has 1 N–H and O–H groups in total. The van der Waals surface area contributed by atoms with Crippen molar-refractivity contribution in [2.24, 2.45) is 0 Å². The molecule has 1 unspecified atom stereocenters. The number of rotatable bonds is 5. The maximum atomic E-state index is 10.3. The van der Waals surface area contributed by atoms with Crippen molar-refractivity contribution in [2.45, 2.75) is 31.4 Å². The van der Waals surface area contributed by atoms with E-state index in [0.717, 1.165) is 31.6 Å². The first-order valence-corrected chi connectivity index (χ1v) is 7.77. The zero-order valence-corrected chi connectivity index (χ0v) is 13.2. The summed E-state index contributed by atoms with van der Waals surface area (Å²) >= 11 is 6.12. The van der Waals surface area contributed by atoms with Gasteiger partial charge < -0.3 is 14.9 Å². The van der Waals surface area contributed by atoms with Gasteiger partial charge in [0.15, 0.2) is 0 Å². The molecule has 1 aromatic rings. The molecule has 0 aliphatic carbocycles. The van der Waals surface area contributed by atoms with E-state index >= 15 is 0 Å². The van der Waals surface area contributed by atoms with Crippen molar-refractivity contribution in [1.82, 2.24) is 9.80 Å². The van der Waals surface area contributed by atoms with Crippen LogP contribution in [0.25, 0.3) is 0 Å². The van der Waals surface area contributed by atoms with Crippen molar-refractivity contribution in [3.63, 3.8) is 0 Å². The molecule has 0 aromatic heterocycles. The number of benzene rings is 1. The van der Waals surface area contributed by atoms with Crippen LogP contribution in [0.5, 0.6) is 0 Å². The molecule has 0 amide bonds. The molecule has 1 heterocycles. The first-order valence-electron chi connectivity index (χ1n) is 7.39. The highest BCUT2D eigenvalue weighted by Crippen LogP contribution is 2.25. The molecule has 0 bridgehead atoms. The molecule has 2 rings (SSSR count). The van der Waals surface area contributed by atoms with Crippen LogP contribution in [0.4, 0.5) is 0 Å². The Morgan fingerprint density at radius 2 is 1.95 bits per heavy atom. The van der Waals surface area contributed by atoms with E-state index in [1.165, 1.54) is 12.8 Å². The van der Waals surface area contributed by atoms with Crippen molar-refractivity contribution in [2.75, 3.05) is 33.7 Å². The zero-order chi connectivity index (χ0) is 14.5. The SMILES string of the molecule is CN(C)C1CCN(CCC(O)c2ccccc2Cl)CC1. The quantitative estimate of drug-likeness (QED) is 0.905. The number of hydrogen-bond acceptors (Lipinski definition) is 3. The summed E-state index contributed by atoms with van der Waals surface area (Å²) in [6.45, 7) is 3.18. The van der Waals surface area contributed by atoms with Crippen LogP contribution < -0.4 is 0 Å². The van der Waals surface area contributed by atoms with Gasteiger partial charge in [-0.15, -0.1) is 0 Å². The molecular formula is C16H25ClN2O. The molecule has 112 valence electrons. The predicted molar refractivity (Wildman–Crippen MR) is 84.2 cm³/mol. The second-order valence-corrected chi connectivity index (χ2v) is 6.27. The van der Waals surface area contributed by atoms with E-state index in [2.05, 4.69) is 23.9 Å². The van der Waals surface area contributed by atoms with Crippen LogP contribution in [0.15, 0.2) is 24.3 Å². The summed E-state index contributed by atoms with van der Waals surface area (Å²) in [5.41, 5.74) is 0.845. The number of piperidine rings is 1. The van der Waals surface area contributed by atoms with Crippen molar-refractivity contribution >= 4 is 11.6 Å².